The van der Waals surface area contributed by atoms with Crippen LogP contribution in [0.1, 0.15) is 33.3 Å². The summed E-state index contributed by atoms with van der Waals surface area (Å²) < 4.78 is 6.21. The Hall–Kier alpha value is -2.21. The molecule has 1 aromatic heterocycles. The monoisotopic (exact) mass is 349 g/mol. The summed E-state index contributed by atoms with van der Waals surface area (Å²) in [5.74, 6) is -0.319. The summed E-state index contributed by atoms with van der Waals surface area (Å²) >= 11 is 3.32. The summed E-state index contributed by atoms with van der Waals surface area (Å²) in [5, 5.41) is 9.07. The molecule has 2 aromatic rings. The quantitative estimate of drug-likeness (QED) is 0.848. The number of carbonyl (C=O) groups is 2. The van der Waals surface area contributed by atoms with E-state index in [4.69, 9.17) is 9.84 Å². The second kappa shape index (κ2) is 6.05. The predicted octanol–water partition coefficient (Wildman–Crippen LogP) is 3.85. The van der Waals surface area contributed by atoms with Gasteiger partial charge in [-0.1, -0.05) is 0 Å². The first-order valence-corrected chi connectivity index (χ1v) is 6.86. The topological polar surface area (TPSA) is 76.5 Å². The third-order valence-corrected chi connectivity index (χ3v) is 3.48. The van der Waals surface area contributed by atoms with E-state index >= 15 is 0 Å². The molecule has 108 valence electrons. The van der Waals surface area contributed by atoms with Crippen molar-refractivity contribution in [2.45, 2.75) is 13.8 Å². The highest BCUT2D eigenvalue weighted by Crippen LogP contribution is 2.31. The van der Waals surface area contributed by atoms with Crippen molar-refractivity contribution in [3.63, 3.8) is 0 Å². The van der Waals surface area contributed by atoms with Crippen LogP contribution in [0.15, 0.2) is 34.9 Å². The zero-order valence-electron chi connectivity index (χ0n) is 11.4. The smallest absolute Gasteiger partial charge is 0.337 e. The van der Waals surface area contributed by atoms with Gasteiger partial charge in [-0.15, -0.1) is 0 Å². The van der Waals surface area contributed by atoms with Crippen molar-refractivity contribution in [1.29, 1.82) is 0 Å². The summed E-state index contributed by atoms with van der Waals surface area (Å²) in [5.41, 5.74) is 1.06. The van der Waals surface area contributed by atoms with Gasteiger partial charge in [0.25, 0.3) is 0 Å². The van der Waals surface area contributed by atoms with Crippen LogP contribution in [0.3, 0.4) is 0 Å². The number of carboxylic acids is 1. The van der Waals surface area contributed by atoms with Crippen LogP contribution in [0.25, 0.3) is 0 Å². The Morgan fingerprint density at radius 2 is 2.00 bits per heavy atom. The number of nitrogens with zero attached hydrogens (tertiary/aromatic N) is 1. The van der Waals surface area contributed by atoms with Crippen LogP contribution < -0.4 is 4.74 Å². The average molecular weight is 350 g/mol. The molecular formula is C15H12BrNO4. The fourth-order valence-corrected chi connectivity index (χ4v) is 2.18. The minimum Gasteiger partial charge on any atom is -0.478 e. The molecule has 21 heavy (non-hydrogen) atoms. The lowest BCUT2D eigenvalue weighted by molar-refractivity contribution is 0.0695. The van der Waals surface area contributed by atoms with E-state index in [1.165, 1.54) is 19.2 Å². The predicted molar refractivity (Wildman–Crippen MR) is 80.2 cm³/mol. The third-order valence-electron chi connectivity index (χ3n) is 2.86. The Labute approximate surface area is 129 Å². The summed E-state index contributed by atoms with van der Waals surface area (Å²) in [6, 6.07) is 6.34. The highest BCUT2D eigenvalue weighted by Gasteiger charge is 2.12. The standard InChI is InChI=1S/C15H12BrNO4/c1-8-12(15(19)20)6-11(7-17-8)21-14-4-3-10(9(2)18)5-13(14)16/h3-7H,1-2H3,(H,19,20). The van der Waals surface area contributed by atoms with Gasteiger partial charge in [-0.05, 0) is 54.0 Å². The van der Waals surface area contributed by atoms with Crippen molar-refractivity contribution in [2.24, 2.45) is 0 Å². The van der Waals surface area contributed by atoms with Crippen LogP contribution in [0.2, 0.25) is 0 Å². The Kier molecular flexibility index (Phi) is 4.37. The van der Waals surface area contributed by atoms with Gasteiger partial charge in [0.15, 0.2) is 5.78 Å². The average Bonchev–Trinajstić information content (AvgIpc) is 2.42. The second-order valence-electron chi connectivity index (χ2n) is 4.41. The second-order valence-corrected chi connectivity index (χ2v) is 5.27. The van der Waals surface area contributed by atoms with Gasteiger partial charge in [0.2, 0.25) is 0 Å². The minimum absolute atomic E-state index is 0.0487. The number of hydrogen-bond acceptors (Lipinski definition) is 4. The lowest BCUT2D eigenvalue weighted by atomic mass is 10.1. The van der Waals surface area contributed by atoms with E-state index in [0.29, 0.717) is 27.2 Å². The number of ketones is 1. The lowest BCUT2D eigenvalue weighted by Crippen LogP contribution is -2.02. The molecular weight excluding hydrogens is 338 g/mol. The van der Waals surface area contributed by atoms with E-state index in [9.17, 15) is 9.59 Å². The van der Waals surface area contributed by atoms with Crippen molar-refractivity contribution in [3.05, 3.63) is 51.8 Å². The highest BCUT2D eigenvalue weighted by molar-refractivity contribution is 9.10. The Morgan fingerprint density at radius 1 is 1.29 bits per heavy atom. The Bertz CT molecular complexity index is 728. The molecule has 0 bridgehead atoms. The molecule has 0 amide bonds. The molecule has 0 saturated heterocycles. The molecule has 0 spiro atoms. The minimum atomic E-state index is -1.06. The van der Waals surface area contributed by atoms with Crippen molar-refractivity contribution >= 4 is 27.7 Å². The maximum absolute atomic E-state index is 11.3. The van der Waals surface area contributed by atoms with E-state index in [1.807, 2.05) is 0 Å². The van der Waals surface area contributed by atoms with Crippen LogP contribution in [-0.2, 0) is 0 Å². The molecule has 0 aliphatic carbocycles. The number of pyridine rings is 1. The Morgan fingerprint density at radius 3 is 2.57 bits per heavy atom. The van der Waals surface area contributed by atoms with Crippen molar-refractivity contribution in [2.75, 3.05) is 0 Å². The van der Waals surface area contributed by atoms with Crippen LogP contribution in [0.4, 0.5) is 0 Å². The number of aromatic nitrogens is 1. The molecule has 0 aliphatic rings. The van der Waals surface area contributed by atoms with E-state index in [2.05, 4.69) is 20.9 Å². The van der Waals surface area contributed by atoms with E-state index < -0.39 is 5.97 Å². The molecule has 0 saturated carbocycles. The number of Topliss-reactive ketones (excluding diaryl/α,β-unsaturated/α-hetero) is 1. The summed E-state index contributed by atoms with van der Waals surface area (Å²) in [6.07, 6.45) is 1.45. The van der Waals surface area contributed by atoms with Gasteiger partial charge >= 0.3 is 5.97 Å². The number of aromatic carboxylic acids is 1. The molecule has 1 aromatic carbocycles. The largest absolute Gasteiger partial charge is 0.478 e. The third kappa shape index (κ3) is 3.46. The molecule has 2 rings (SSSR count). The number of carboxylic acid groups (broad SMARTS) is 1. The van der Waals surface area contributed by atoms with Crippen LogP contribution in [-0.4, -0.2) is 21.8 Å². The molecule has 0 aliphatic heterocycles. The van der Waals surface area contributed by atoms with Gasteiger partial charge in [-0.2, -0.15) is 0 Å². The Balaban J connectivity index is 2.32. The molecule has 0 unspecified atom stereocenters. The number of rotatable bonds is 4. The maximum Gasteiger partial charge on any atom is 0.337 e. The summed E-state index contributed by atoms with van der Waals surface area (Å²) in [7, 11) is 0. The molecule has 6 heteroatoms. The lowest BCUT2D eigenvalue weighted by Gasteiger charge is -2.09. The van der Waals surface area contributed by atoms with Crippen molar-refractivity contribution in [3.8, 4) is 11.5 Å². The molecule has 0 fully saturated rings. The zero-order chi connectivity index (χ0) is 15.6. The number of ether oxygens (including phenoxy) is 1. The molecule has 1 N–H and O–H groups in total. The normalized spacial score (nSPS) is 10.2. The van der Waals surface area contributed by atoms with Crippen LogP contribution in [0.5, 0.6) is 11.5 Å². The summed E-state index contributed by atoms with van der Waals surface area (Å²) in [6.45, 7) is 3.09. The molecule has 0 radical (unpaired) electrons. The number of carbonyl (C=O) groups excluding carboxylic acids is 1. The maximum atomic E-state index is 11.3. The van der Waals surface area contributed by atoms with Gasteiger partial charge in [-0.3, -0.25) is 9.78 Å². The van der Waals surface area contributed by atoms with Gasteiger partial charge in [0.1, 0.15) is 11.5 Å². The van der Waals surface area contributed by atoms with Gasteiger partial charge in [0.05, 0.1) is 21.9 Å². The fourth-order valence-electron chi connectivity index (χ4n) is 1.72. The van der Waals surface area contributed by atoms with Crippen molar-refractivity contribution in [1.82, 2.24) is 4.98 Å². The van der Waals surface area contributed by atoms with Crippen LogP contribution >= 0.6 is 15.9 Å². The zero-order valence-corrected chi connectivity index (χ0v) is 13.0. The van der Waals surface area contributed by atoms with E-state index in [1.54, 1.807) is 25.1 Å². The van der Waals surface area contributed by atoms with Gasteiger partial charge < -0.3 is 9.84 Å². The van der Waals surface area contributed by atoms with Gasteiger partial charge in [-0.25, -0.2) is 4.79 Å². The van der Waals surface area contributed by atoms with Crippen LogP contribution in [0, 0.1) is 6.92 Å². The molecule has 5 nitrogen and oxygen atoms in total. The first-order valence-electron chi connectivity index (χ1n) is 6.06. The first kappa shape index (κ1) is 15.2. The first-order chi connectivity index (χ1) is 9.88. The SMILES string of the molecule is CC(=O)c1ccc(Oc2cnc(C)c(C(=O)O)c2)c(Br)c1. The fraction of sp³-hybridized carbons (Fsp3) is 0.133. The molecule has 1 heterocycles. The summed E-state index contributed by atoms with van der Waals surface area (Å²) in [4.78, 5) is 26.4. The number of halogens is 1. The van der Waals surface area contributed by atoms with E-state index in [-0.39, 0.29) is 11.3 Å². The number of aryl methyl sites for hydroxylation is 1. The van der Waals surface area contributed by atoms with Gasteiger partial charge in [0, 0.05) is 5.56 Å². The number of benzene rings is 1. The number of hydrogen-bond donors (Lipinski definition) is 1. The van der Waals surface area contributed by atoms with E-state index in [0.717, 1.165) is 0 Å². The molecule has 0 atom stereocenters. The highest BCUT2D eigenvalue weighted by atomic mass is 79.9. The van der Waals surface area contributed by atoms with Crippen molar-refractivity contribution < 1.29 is 19.4 Å².